The molecule has 82 valence electrons. The van der Waals surface area contributed by atoms with Crippen molar-refractivity contribution in [2.45, 2.75) is 17.2 Å². The largest absolute Gasteiger partial charge is 0.330 e. The van der Waals surface area contributed by atoms with E-state index in [0.717, 1.165) is 5.56 Å². The lowest BCUT2D eigenvalue weighted by molar-refractivity contribution is 0.566. The molecule has 0 aromatic heterocycles. The molecule has 2 N–H and O–H groups in total. The lowest BCUT2D eigenvalue weighted by Gasteiger charge is -2.24. The van der Waals surface area contributed by atoms with Crippen molar-refractivity contribution in [2.75, 3.05) is 12.3 Å². The Morgan fingerprint density at radius 2 is 2.20 bits per heavy atom. The minimum atomic E-state index is -3.12. The van der Waals surface area contributed by atoms with Gasteiger partial charge in [0.2, 0.25) is 0 Å². The van der Waals surface area contributed by atoms with E-state index in [1.807, 2.05) is 0 Å². The van der Waals surface area contributed by atoms with E-state index in [-0.39, 0.29) is 11.7 Å². The molecule has 0 saturated heterocycles. The molecule has 5 heteroatoms. The summed E-state index contributed by atoms with van der Waals surface area (Å²) in [7, 11) is -3.12. The Hall–Kier alpha value is -0.580. The maximum atomic E-state index is 11.8. The molecule has 1 aliphatic rings. The van der Waals surface area contributed by atoms with Crippen molar-refractivity contribution in [3.8, 4) is 0 Å². The number of benzene rings is 1. The number of fused-ring (bicyclic) bond motifs is 1. The van der Waals surface area contributed by atoms with Crippen LogP contribution in [-0.4, -0.2) is 20.7 Å². The molecule has 1 aromatic rings. The Morgan fingerprint density at radius 3 is 2.87 bits per heavy atom. The third-order valence-corrected chi connectivity index (χ3v) is 4.82. The molecule has 2 rings (SSSR count). The maximum Gasteiger partial charge on any atom is 0.178 e. The molecule has 0 radical (unpaired) electrons. The van der Waals surface area contributed by atoms with Gasteiger partial charge in [-0.1, -0.05) is 11.6 Å². The predicted octanol–water partition coefficient (Wildman–Crippen LogP) is 1.56. The summed E-state index contributed by atoms with van der Waals surface area (Å²) < 4.78 is 23.5. The zero-order valence-corrected chi connectivity index (χ0v) is 9.68. The second-order valence-electron chi connectivity index (χ2n) is 3.72. The number of halogens is 1. The highest BCUT2D eigenvalue weighted by molar-refractivity contribution is 7.91. The van der Waals surface area contributed by atoms with E-state index in [1.54, 1.807) is 18.2 Å². The summed E-state index contributed by atoms with van der Waals surface area (Å²) in [5, 5.41) is 0.560. The van der Waals surface area contributed by atoms with Crippen molar-refractivity contribution in [1.29, 1.82) is 0 Å². The van der Waals surface area contributed by atoms with E-state index in [1.165, 1.54) is 0 Å². The lowest BCUT2D eigenvalue weighted by atomic mass is 9.96. The van der Waals surface area contributed by atoms with Crippen LogP contribution in [0.4, 0.5) is 0 Å². The van der Waals surface area contributed by atoms with Crippen LogP contribution >= 0.6 is 11.6 Å². The van der Waals surface area contributed by atoms with Crippen LogP contribution in [0.15, 0.2) is 23.1 Å². The van der Waals surface area contributed by atoms with Gasteiger partial charge in [-0.05, 0) is 42.6 Å². The Morgan fingerprint density at radius 1 is 1.47 bits per heavy atom. The lowest BCUT2D eigenvalue weighted by Crippen LogP contribution is -2.24. The Labute approximate surface area is 94.2 Å². The molecule has 1 heterocycles. The Bertz CT molecular complexity index is 484. The first-order valence-electron chi connectivity index (χ1n) is 4.77. The number of rotatable bonds is 1. The van der Waals surface area contributed by atoms with E-state index < -0.39 is 9.84 Å². The molecule has 1 unspecified atom stereocenters. The van der Waals surface area contributed by atoms with Crippen LogP contribution in [0, 0.1) is 0 Å². The van der Waals surface area contributed by atoms with Crippen molar-refractivity contribution in [1.82, 2.24) is 0 Å². The van der Waals surface area contributed by atoms with Crippen molar-refractivity contribution < 1.29 is 8.42 Å². The van der Waals surface area contributed by atoms with Gasteiger partial charge < -0.3 is 5.73 Å². The van der Waals surface area contributed by atoms with Gasteiger partial charge >= 0.3 is 0 Å². The molecule has 1 aliphatic heterocycles. The minimum Gasteiger partial charge on any atom is -0.330 e. The summed E-state index contributed by atoms with van der Waals surface area (Å²) in [5.74, 6) is 0.297. The molecule has 0 aliphatic carbocycles. The van der Waals surface area contributed by atoms with Crippen molar-refractivity contribution in [3.63, 3.8) is 0 Å². The van der Waals surface area contributed by atoms with E-state index in [0.29, 0.717) is 22.9 Å². The molecule has 3 nitrogen and oxygen atoms in total. The number of hydrogen-bond donors (Lipinski definition) is 1. The molecule has 0 amide bonds. The molecule has 1 atom stereocenters. The second-order valence-corrected chi connectivity index (χ2v) is 6.24. The van der Waals surface area contributed by atoms with Crippen LogP contribution < -0.4 is 5.73 Å². The van der Waals surface area contributed by atoms with Crippen LogP contribution in [0.2, 0.25) is 5.02 Å². The van der Waals surface area contributed by atoms with Crippen LogP contribution in [-0.2, 0) is 9.84 Å². The van der Waals surface area contributed by atoms with Gasteiger partial charge in [0.25, 0.3) is 0 Å². The average molecular weight is 246 g/mol. The molecule has 15 heavy (non-hydrogen) atoms. The normalized spacial score (nSPS) is 23.5. The fourth-order valence-corrected chi connectivity index (χ4v) is 3.78. The summed E-state index contributed by atoms with van der Waals surface area (Å²) in [4.78, 5) is 0.397. The number of sulfone groups is 1. The second kappa shape index (κ2) is 3.77. The molecule has 0 bridgehead atoms. The topological polar surface area (TPSA) is 60.2 Å². The number of nitrogens with two attached hydrogens (primary N) is 1. The zero-order chi connectivity index (χ0) is 11.1. The van der Waals surface area contributed by atoms with Crippen LogP contribution in [0.25, 0.3) is 0 Å². The maximum absolute atomic E-state index is 11.8. The summed E-state index contributed by atoms with van der Waals surface area (Å²) >= 11 is 5.86. The molecular formula is C10H12ClNO2S. The van der Waals surface area contributed by atoms with Gasteiger partial charge in [-0.25, -0.2) is 8.42 Å². The summed E-state index contributed by atoms with van der Waals surface area (Å²) in [6.45, 7) is 0.461. The Balaban J connectivity index is 2.64. The molecule has 0 spiro atoms. The molecular weight excluding hydrogens is 234 g/mol. The van der Waals surface area contributed by atoms with E-state index in [4.69, 9.17) is 17.3 Å². The standard InChI is InChI=1S/C10H12ClNO2S/c11-8-1-2-10-9(5-8)7(6-12)3-4-15(10,13)14/h1-2,5,7H,3-4,6,12H2. The number of hydrogen-bond acceptors (Lipinski definition) is 3. The first-order chi connectivity index (χ1) is 7.04. The van der Waals surface area contributed by atoms with Crippen LogP contribution in [0.1, 0.15) is 17.9 Å². The smallest absolute Gasteiger partial charge is 0.178 e. The van der Waals surface area contributed by atoms with Gasteiger partial charge in [0.15, 0.2) is 9.84 Å². The van der Waals surface area contributed by atoms with Gasteiger partial charge in [-0.3, -0.25) is 0 Å². The molecule has 1 aromatic carbocycles. The summed E-state index contributed by atoms with van der Waals surface area (Å²) in [6.07, 6.45) is 0.589. The highest BCUT2D eigenvalue weighted by Gasteiger charge is 2.29. The van der Waals surface area contributed by atoms with Gasteiger partial charge in [0, 0.05) is 5.02 Å². The van der Waals surface area contributed by atoms with E-state index in [2.05, 4.69) is 0 Å². The zero-order valence-electron chi connectivity index (χ0n) is 8.11. The van der Waals surface area contributed by atoms with Crippen LogP contribution in [0.5, 0.6) is 0 Å². The molecule has 0 saturated carbocycles. The highest BCUT2D eigenvalue weighted by Crippen LogP contribution is 2.34. The third-order valence-electron chi connectivity index (χ3n) is 2.77. The predicted molar refractivity (Wildman–Crippen MR) is 59.9 cm³/mol. The monoisotopic (exact) mass is 245 g/mol. The van der Waals surface area contributed by atoms with Crippen molar-refractivity contribution in [3.05, 3.63) is 28.8 Å². The first-order valence-corrected chi connectivity index (χ1v) is 6.80. The van der Waals surface area contributed by atoms with Crippen molar-refractivity contribution >= 4 is 21.4 Å². The molecule has 0 fully saturated rings. The van der Waals surface area contributed by atoms with E-state index in [9.17, 15) is 8.42 Å². The summed E-state index contributed by atoms with van der Waals surface area (Å²) in [6, 6.07) is 4.90. The van der Waals surface area contributed by atoms with Gasteiger partial charge in [-0.15, -0.1) is 0 Å². The van der Waals surface area contributed by atoms with E-state index >= 15 is 0 Å². The quantitative estimate of drug-likeness (QED) is 0.817. The van der Waals surface area contributed by atoms with Gasteiger partial charge in [0.05, 0.1) is 10.6 Å². The third kappa shape index (κ3) is 1.89. The van der Waals surface area contributed by atoms with Gasteiger partial charge in [0.1, 0.15) is 0 Å². The first kappa shape index (κ1) is 10.9. The minimum absolute atomic E-state index is 0.113. The van der Waals surface area contributed by atoms with Crippen LogP contribution in [0.3, 0.4) is 0 Å². The van der Waals surface area contributed by atoms with Crippen molar-refractivity contribution in [2.24, 2.45) is 5.73 Å². The average Bonchev–Trinajstić information content (AvgIpc) is 2.17. The SMILES string of the molecule is NCC1CCS(=O)(=O)c2ccc(Cl)cc21. The fourth-order valence-electron chi connectivity index (χ4n) is 1.93. The summed E-state index contributed by atoms with van der Waals surface area (Å²) in [5.41, 5.74) is 6.39. The fraction of sp³-hybridized carbons (Fsp3) is 0.400. The van der Waals surface area contributed by atoms with Gasteiger partial charge in [-0.2, -0.15) is 0 Å². The Kier molecular flexibility index (Phi) is 2.75. The highest BCUT2D eigenvalue weighted by atomic mass is 35.5.